The second-order valence-corrected chi connectivity index (χ2v) is 4.95. The van der Waals surface area contributed by atoms with Crippen LogP contribution in [0.15, 0.2) is 24.3 Å². The van der Waals surface area contributed by atoms with Crippen LogP contribution in [0.5, 0.6) is 0 Å². The lowest BCUT2D eigenvalue weighted by Gasteiger charge is -2.02. The zero-order chi connectivity index (χ0) is 14.0. The van der Waals surface area contributed by atoms with Crippen LogP contribution in [0.2, 0.25) is 0 Å². The molecule has 0 saturated carbocycles. The van der Waals surface area contributed by atoms with Crippen LogP contribution in [0.3, 0.4) is 0 Å². The van der Waals surface area contributed by atoms with Gasteiger partial charge in [0, 0.05) is 17.0 Å². The molecule has 5 nitrogen and oxygen atoms in total. The summed E-state index contributed by atoms with van der Waals surface area (Å²) in [5, 5.41) is 19.8. The third-order valence-corrected chi connectivity index (χ3v) is 4.02. The lowest BCUT2D eigenvalue weighted by Crippen LogP contribution is -1.92. The molecule has 0 atom stereocenters. The van der Waals surface area contributed by atoms with Crippen LogP contribution in [0.4, 0.5) is 11.4 Å². The summed E-state index contributed by atoms with van der Waals surface area (Å²) in [6.07, 6.45) is 0.683. The minimum absolute atomic E-state index is 0.0324. The van der Waals surface area contributed by atoms with Gasteiger partial charge in [-0.1, -0.05) is 19.1 Å². The summed E-state index contributed by atoms with van der Waals surface area (Å²) < 4.78 is 0. The molecule has 0 bridgehead atoms. The van der Waals surface area contributed by atoms with Gasteiger partial charge in [-0.3, -0.25) is 10.1 Å². The van der Waals surface area contributed by atoms with E-state index in [1.807, 2.05) is 6.92 Å². The van der Waals surface area contributed by atoms with Crippen molar-refractivity contribution < 1.29 is 4.92 Å². The Bertz CT molecular complexity index is 686. The van der Waals surface area contributed by atoms with Crippen molar-refractivity contribution in [3.05, 3.63) is 44.8 Å². The first-order chi connectivity index (χ1) is 9.08. The molecular formula is C13H11N3O2S. The Morgan fingerprint density at radius 1 is 1.53 bits per heavy atom. The van der Waals surface area contributed by atoms with Crippen LogP contribution in [0.1, 0.15) is 17.4 Å². The van der Waals surface area contributed by atoms with E-state index in [4.69, 9.17) is 11.0 Å². The van der Waals surface area contributed by atoms with E-state index >= 15 is 0 Å². The molecule has 96 valence electrons. The van der Waals surface area contributed by atoms with Crippen LogP contribution in [-0.4, -0.2) is 4.92 Å². The molecule has 0 radical (unpaired) electrons. The number of nitriles is 1. The Balaban J connectivity index is 2.62. The summed E-state index contributed by atoms with van der Waals surface area (Å²) in [6, 6.07) is 8.43. The molecule has 0 aliphatic carbocycles. The molecule has 0 spiro atoms. The molecule has 1 heterocycles. The smallest absolute Gasteiger partial charge is 0.270 e. The Hall–Kier alpha value is -2.39. The highest BCUT2D eigenvalue weighted by Crippen LogP contribution is 2.39. The number of non-ortho nitro benzene ring substituents is 1. The average molecular weight is 273 g/mol. The van der Waals surface area contributed by atoms with Crippen molar-refractivity contribution in [3.8, 4) is 16.5 Å². The van der Waals surface area contributed by atoms with E-state index in [0.717, 1.165) is 16.0 Å². The zero-order valence-electron chi connectivity index (χ0n) is 10.2. The molecule has 2 rings (SSSR count). The standard InChI is InChI=1S/C13H11N3O2S/c1-2-10-12(15)11(7-14)19-13(10)8-4-3-5-9(6-8)16(17)18/h3-6H,2,15H2,1H3. The van der Waals surface area contributed by atoms with Gasteiger partial charge in [-0.2, -0.15) is 5.26 Å². The van der Waals surface area contributed by atoms with Gasteiger partial charge in [-0.25, -0.2) is 0 Å². The Morgan fingerprint density at radius 2 is 2.26 bits per heavy atom. The normalized spacial score (nSPS) is 10.1. The maximum atomic E-state index is 10.8. The first-order valence-electron chi connectivity index (χ1n) is 5.64. The molecule has 0 amide bonds. The Morgan fingerprint density at radius 3 is 2.84 bits per heavy atom. The van der Waals surface area contributed by atoms with E-state index in [1.54, 1.807) is 12.1 Å². The summed E-state index contributed by atoms with van der Waals surface area (Å²) in [5.41, 5.74) is 8.03. The SMILES string of the molecule is CCc1c(-c2cccc([N+](=O)[O-])c2)sc(C#N)c1N. The second-order valence-electron chi connectivity index (χ2n) is 3.93. The summed E-state index contributed by atoms with van der Waals surface area (Å²) in [4.78, 5) is 11.7. The van der Waals surface area contributed by atoms with Crippen molar-refractivity contribution in [2.24, 2.45) is 0 Å². The highest BCUT2D eigenvalue weighted by Gasteiger charge is 2.17. The minimum atomic E-state index is -0.433. The van der Waals surface area contributed by atoms with E-state index in [2.05, 4.69) is 6.07 Å². The minimum Gasteiger partial charge on any atom is -0.397 e. The molecule has 0 aliphatic heterocycles. The third-order valence-electron chi connectivity index (χ3n) is 2.82. The number of thiophene rings is 1. The fourth-order valence-electron chi connectivity index (χ4n) is 1.91. The number of nitrogens with zero attached hydrogens (tertiary/aromatic N) is 2. The highest BCUT2D eigenvalue weighted by atomic mass is 32.1. The second kappa shape index (κ2) is 5.08. The number of nitro benzene ring substituents is 1. The predicted molar refractivity (Wildman–Crippen MR) is 74.9 cm³/mol. The lowest BCUT2D eigenvalue weighted by atomic mass is 10.1. The number of benzene rings is 1. The lowest BCUT2D eigenvalue weighted by molar-refractivity contribution is -0.384. The van der Waals surface area contributed by atoms with Gasteiger partial charge >= 0.3 is 0 Å². The molecule has 0 saturated heterocycles. The fraction of sp³-hybridized carbons (Fsp3) is 0.154. The van der Waals surface area contributed by atoms with E-state index in [0.29, 0.717) is 17.0 Å². The number of hydrogen-bond donors (Lipinski definition) is 1. The molecule has 1 aromatic heterocycles. The monoisotopic (exact) mass is 273 g/mol. The topological polar surface area (TPSA) is 93.0 Å². The molecule has 2 N–H and O–H groups in total. The van der Waals surface area contributed by atoms with Crippen molar-refractivity contribution in [3.63, 3.8) is 0 Å². The van der Waals surface area contributed by atoms with Crippen molar-refractivity contribution in [1.82, 2.24) is 0 Å². The van der Waals surface area contributed by atoms with Crippen LogP contribution >= 0.6 is 11.3 Å². The third kappa shape index (κ3) is 2.28. The average Bonchev–Trinajstić information content (AvgIpc) is 2.75. The van der Waals surface area contributed by atoms with E-state index < -0.39 is 4.92 Å². The van der Waals surface area contributed by atoms with Gasteiger partial charge in [-0.15, -0.1) is 11.3 Å². The summed E-state index contributed by atoms with van der Waals surface area (Å²) in [6.45, 7) is 1.94. The van der Waals surface area contributed by atoms with Gasteiger partial charge in [-0.05, 0) is 17.5 Å². The summed E-state index contributed by atoms with van der Waals surface area (Å²) in [5.74, 6) is 0. The zero-order valence-corrected chi connectivity index (χ0v) is 11.0. The van der Waals surface area contributed by atoms with Crippen LogP contribution in [-0.2, 0) is 6.42 Å². The molecule has 0 fully saturated rings. The fourth-order valence-corrected chi connectivity index (χ4v) is 3.01. The first kappa shape index (κ1) is 13.1. The Kier molecular flexibility index (Phi) is 3.49. The first-order valence-corrected chi connectivity index (χ1v) is 6.46. The van der Waals surface area contributed by atoms with Crippen LogP contribution in [0, 0.1) is 21.4 Å². The van der Waals surface area contributed by atoms with E-state index in [9.17, 15) is 10.1 Å². The molecule has 2 aromatic rings. The molecule has 6 heteroatoms. The molecule has 1 aromatic carbocycles. The van der Waals surface area contributed by atoms with Crippen LogP contribution in [0.25, 0.3) is 10.4 Å². The molecule has 0 aliphatic rings. The molecule has 0 unspecified atom stereocenters. The number of anilines is 1. The summed E-state index contributed by atoms with van der Waals surface area (Å²) >= 11 is 1.28. The highest BCUT2D eigenvalue weighted by molar-refractivity contribution is 7.16. The van der Waals surface area contributed by atoms with Crippen molar-refractivity contribution in [2.75, 3.05) is 5.73 Å². The number of hydrogen-bond acceptors (Lipinski definition) is 5. The van der Waals surface area contributed by atoms with Crippen molar-refractivity contribution in [1.29, 1.82) is 5.26 Å². The Labute approximate surface area is 114 Å². The van der Waals surface area contributed by atoms with Gasteiger partial charge in [0.1, 0.15) is 10.9 Å². The largest absolute Gasteiger partial charge is 0.397 e. The number of nitro groups is 1. The van der Waals surface area contributed by atoms with Gasteiger partial charge in [0.05, 0.1) is 10.6 Å². The van der Waals surface area contributed by atoms with Crippen LogP contribution < -0.4 is 5.73 Å². The van der Waals surface area contributed by atoms with Gasteiger partial charge in [0.15, 0.2) is 0 Å². The predicted octanol–water partition coefficient (Wildman–Crippen LogP) is 3.34. The van der Waals surface area contributed by atoms with E-state index in [1.165, 1.54) is 23.5 Å². The number of rotatable bonds is 3. The van der Waals surface area contributed by atoms with Crippen molar-refractivity contribution in [2.45, 2.75) is 13.3 Å². The number of nitrogen functional groups attached to an aromatic ring is 1. The van der Waals surface area contributed by atoms with Gasteiger partial charge in [0.2, 0.25) is 0 Å². The molecular weight excluding hydrogens is 262 g/mol. The van der Waals surface area contributed by atoms with Crippen molar-refractivity contribution >= 4 is 22.7 Å². The maximum absolute atomic E-state index is 10.8. The maximum Gasteiger partial charge on any atom is 0.270 e. The number of nitrogens with two attached hydrogens (primary N) is 1. The molecule has 19 heavy (non-hydrogen) atoms. The quantitative estimate of drug-likeness (QED) is 0.685. The van der Waals surface area contributed by atoms with Gasteiger partial charge in [0.25, 0.3) is 5.69 Å². The van der Waals surface area contributed by atoms with E-state index in [-0.39, 0.29) is 5.69 Å². The summed E-state index contributed by atoms with van der Waals surface area (Å²) in [7, 11) is 0. The van der Waals surface area contributed by atoms with Gasteiger partial charge < -0.3 is 5.73 Å².